The fraction of sp³-hybridized carbons (Fsp3) is 0.312. The van der Waals surface area contributed by atoms with Gasteiger partial charge in [-0.25, -0.2) is 14.4 Å². The van der Waals surface area contributed by atoms with Crippen LogP contribution in [0.15, 0.2) is 132 Å². The summed E-state index contributed by atoms with van der Waals surface area (Å²) >= 11 is 0. The Hall–Kier alpha value is -6.05. The molecule has 2 amide bonds. The molecule has 0 spiro atoms. The van der Waals surface area contributed by atoms with E-state index < -0.39 is 24.3 Å². The number of piperidine rings is 1. The molecule has 5 aromatic carbocycles. The van der Waals surface area contributed by atoms with Gasteiger partial charge in [0.15, 0.2) is 6.29 Å². The first-order chi connectivity index (χ1) is 29.3. The molecule has 0 saturated carbocycles. The normalized spacial score (nSPS) is 19.1. The van der Waals surface area contributed by atoms with Crippen LogP contribution in [-0.2, 0) is 38.6 Å². The lowest BCUT2D eigenvalue weighted by Crippen LogP contribution is -2.47. The highest BCUT2D eigenvalue weighted by molar-refractivity contribution is 5.83. The van der Waals surface area contributed by atoms with Crippen molar-refractivity contribution in [1.82, 2.24) is 25.1 Å². The minimum atomic E-state index is -0.828. The Balaban J connectivity index is 0.940. The summed E-state index contributed by atoms with van der Waals surface area (Å²) in [7, 11) is 1.31. The van der Waals surface area contributed by atoms with Crippen LogP contribution < -0.4 is 16.3 Å². The molecule has 4 atom stereocenters. The molecule has 4 N–H and O–H groups in total. The molecular weight excluding hydrogens is 759 g/mol. The maximum absolute atomic E-state index is 13.0. The molecule has 0 bridgehead atoms. The Bertz CT molecular complexity index is 2440. The second kappa shape index (κ2) is 18.9. The number of hydrogen-bond donors (Lipinski definition) is 4. The number of nitrogens with one attached hydrogen (secondary N) is 3. The number of urea groups is 1. The van der Waals surface area contributed by atoms with Crippen molar-refractivity contribution in [1.29, 1.82) is 0 Å². The number of rotatable bonds is 13. The van der Waals surface area contributed by atoms with Gasteiger partial charge in [0, 0.05) is 50.6 Å². The topological polar surface area (TPSA) is 147 Å². The van der Waals surface area contributed by atoms with Crippen LogP contribution in [0.25, 0.3) is 22.2 Å². The van der Waals surface area contributed by atoms with Gasteiger partial charge in [-0.3, -0.25) is 4.57 Å². The van der Waals surface area contributed by atoms with E-state index in [9.17, 15) is 19.5 Å². The Labute approximate surface area is 349 Å². The fourth-order valence-corrected chi connectivity index (χ4v) is 8.42. The zero-order chi connectivity index (χ0) is 41.4. The number of benzene rings is 5. The fourth-order valence-electron chi connectivity index (χ4n) is 8.42. The molecule has 6 aromatic rings. The van der Waals surface area contributed by atoms with Crippen LogP contribution in [0.2, 0.25) is 0 Å². The van der Waals surface area contributed by atoms with Crippen molar-refractivity contribution in [3.8, 4) is 11.1 Å². The number of aromatic nitrogens is 2. The standard InChI is InChI=1S/C48H51N5O7/c1-58-45(55)42(26-32-9-3-2-4-10-32)50-47(56)49-29-34-11-7-12-36(25-34)37-13-8-14-38(27-37)46-59-40(28-44(60-46)35-19-17-33(31-54)18-20-35)30-52-23-21-39(22-24-52)53-43-16-6-5-15-41(43)51-48(53)57/h2-20,25,27,39-40,42,44,46,54H,21-24,26,28-31H2,1H3,(H,51,57)(H2,49,50,56)/t40-,42+,44+,46+/m1/s1. The molecule has 0 unspecified atom stereocenters. The summed E-state index contributed by atoms with van der Waals surface area (Å²) < 4.78 is 20.4. The number of imidazole rings is 1. The van der Waals surface area contributed by atoms with E-state index in [1.54, 1.807) is 0 Å². The molecule has 0 radical (unpaired) electrons. The second-order valence-corrected chi connectivity index (χ2v) is 15.6. The van der Waals surface area contributed by atoms with E-state index in [-0.39, 0.29) is 37.1 Å². The van der Waals surface area contributed by atoms with Crippen LogP contribution in [0.3, 0.4) is 0 Å². The third-order valence-corrected chi connectivity index (χ3v) is 11.6. The number of hydrogen-bond acceptors (Lipinski definition) is 8. The summed E-state index contributed by atoms with van der Waals surface area (Å²) in [6.45, 7) is 2.65. The monoisotopic (exact) mass is 809 g/mol. The van der Waals surface area contributed by atoms with E-state index in [0.717, 1.165) is 82.5 Å². The van der Waals surface area contributed by atoms with Crippen LogP contribution in [-0.4, -0.2) is 70.4 Å². The van der Waals surface area contributed by atoms with Crippen LogP contribution in [0.4, 0.5) is 4.79 Å². The van der Waals surface area contributed by atoms with Crippen molar-refractivity contribution >= 4 is 23.0 Å². The van der Waals surface area contributed by atoms with E-state index in [0.29, 0.717) is 12.8 Å². The number of fused-ring (bicyclic) bond motifs is 1. The van der Waals surface area contributed by atoms with Crippen molar-refractivity contribution in [2.24, 2.45) is 0 Å². The zero-order valence-electron chi connectivity index (χ0n) is 33.7. The van der Waals surface area contributed by atoms with Gasteiger partial charge in [-0.1, -0.05) is 103 Å². The molecule has 2 aliphatic heterocycles. The molecule has 3 heterocycles. The number of esters is 1. The average Bonchev–Trinajstić information content (AvgIpc) is 3.64. The molecule has 12 nitrogen and oxygen atoms in total. The highest BCUT2D eigenvalue weighted by Gasteiger charge is 2.34. The summed E-state index contributed by atoms with van der Waals surface area (Å²) in [5, 5.41) is 15.3. The Morgan fingerprint density at radius 3 is 2.30 bits per heavy atom. The number of aliphatic hydroxyl groups excluding tert-OH is 1. The van der Waals surface area contributed by atoms with Gasteiger partial charge < -0.3 is 39.8 Å². The Morgan fingerprint density at radius 2 is 1.53 bits per heavy atom. The van der Waals surface area contributed by atoms with Gasteiger partial charge in [-0.15, -0.1) is 0 Å². The molecule has 2 fully saturated rings. The summed E-state index contributed by atoms with van der Waals surface area (Å²) in [6.07, 6.45) is 1.75. The van der Waals surface area contributed by atoms with Crippen molar-refractivity contribution in [2.75, 3.05) is 26.7 Å². The Morgan fingerprint density at radius 1 is 0.817 bits per heavy atom. The number of methoxy groups -OCH3 is 1. The zero-order valence-corrected chi connectivity index (χ0v) is 33.7. The average molecular weight is 810 g/mol. The lowest BCUT2D eigenvalue weighted by Gasteiger charge is -2.40. The molecule has 1 aromatic heterocycles. The van der Waals surface area contributed by atoms with Crippen LogP contribution in [0.5, 0.6) is 0 Å². The summed E-state index contributed by atoms with van der Waals surface area (Å²) in [5.74, 6) is -0.514. The molecule has 8 rings (SSSR count). The van der Waals surface area contributed by atoms with Gasteiger partial charge in [-0.2, -0.15) is 0 Å². The first-order valence-electron chi connectivity index (χ1n) is 20.6. The van der Waals surface area contributed by atoms with Crippen LogP contribution >= 0.6 is 0 Å². The number of carbonyl (C=O) groups is 2. The molecule has 2 aliphatic rings. The lowest BCUT2D eigenvalue weighted by molar-refractivity contribution is -0.253. The number of carbonyl (C=O) groups excluding carboxylic acids is 2. The van der Waals surface area contributed by atoms with Crippen molar-refractivity contribution < 1.29 is 28.9 Å². The number of H-pyrrole nitrogens is 1. The van der Waals surface area contributed by atoms with E-state index in [1.807, 2.05) is 126 Å². The number of likely N-dealkylation sites (tertiary alicyclic amines) is 1. The second-order valence-electron chi connectivity index (χ2n) is 15.6. The van der Waals surface area contributed by atoms with E-state index in [4.69, 9.17) is 14.2 Å². The Kier molecular flexibility index (Phi) is 12.8. The van der Waals surface area contributed by atoms with Gasteiger partial charge in [0.1, 0.15) is 6.04 Å². The maximum atomic E-state index is 13.0. The summed E-state index contributed by atoms with van der Waals surface area (Å²) in [6, 6.07) is 40.2. The largest absolute Gasteiger partial charge is 0.467 e. The lowest BCUT2D eigenvalue weighted by atomic mass is 9.97. The highest BCUT2D eigenvalue weighted by atomic mass is 16.7. The van der Waals surface area contributed by atoms with Gasteiger partial charge in [0.2, 0.25) is 0 Å². The number of ether oxygens (including phenoxy) is 3. The molecular formula is C48H51N5O7. The number of para-hydroxylation sites is 2. The summed E-state index contributed by atoms with van der Waals surface area (Å²) in [4.78, 5) is 43.8. The number of nitrogens with zero attached hydrogens (tertiary/aromatic N) is 2. The predicted octanol–water partition coefficient (Wildman–Crippen LogP) is 6.95. The van der Waals surface area contributed by atoms with Crippen molar-refractivity contribution in [2.45, 2.75) is 69.4 Å². The van der Waals surface area contributed by atoms with E-state index >= 15 is 0 Å². The SMILES string of the molecule is COC(=O)[C@H](Cc1ccccc1)NC(=O)NCc1cccc(-c2cccc([C@H]3O[C@@H](CN4CCC(n5c(=O)[nH]c6ccccc65)CC4)C[C@@H](c4ccc(CO)cc4)O3)c2)c1. The van der Waals surface area contributed by atoms with Gasteiger partial charge in [0.05, 0.1) is 37.0 Å². The molecule has 60 heavy (non-hydrogen) atoms. The summed E-state index contributed by atoms with van der Waals surface area (Å²) in [5.41, 5.74) is 8.26. The van der Waals surface area contributed by atoms with Crippen molar-refractivity contribution in [3.63, 3.8) is 0 Å². The molecule has 2 saturated heterocycles. The molecule has 12 heteroatoms. The number of aromatic amines is 1. The quantitative estimate of drug-likeness (QED) is 0.0917. The van der Waals surface area contributed by atoms with Crippen LogP contribution in [0, 0.1) is 0 Å². The smallest absolute Gasteiger partial charge is 0.328 e. The first kappa shape index (κ1) is 40.7. The number of aliphatic hydroxyl groups is 1. The maximum Gasteiger partial charge on any atom is 0.328 e. The third kappa shape index (κ3) is 9.69. The molecule has 310 valence electrons. The van der Waals surface area contributed by atoms with Gasteiger partial charge in [-0.05, 0) is 70.5 Å². The minimum Gasteiger partial charge on any atom is -0.467 e. The van der Waals surface area contributed by atoms with E-state index in [2.05, 4.69) is 26.6 Å². The third-order valence-electron chi connectivity index (χ3n) is 11.6. The van der Waals surface area contributed by atoms with Crippen molar-refractivity contribution in [3.05, 3.63) is 166 Å². The molecule has 0 aliphatic carbocycles. The highest BCUT2D eigenvalue weighted by Crippen LogP contribution is 2.39. The predicted molar refractivity (Wildman–Crippen MR) is 229 cm³/mol. The number of amides is 2. The first-order valence-corrected chi connectivity index (χ1v) is 20.6. The van der Waals surface area contributed by atoms with E-state index in [1.165, 1.54) is 7.11 Å². The van der Waals surface area contributed by atoms with Gasteiger partial charge in [0.25, 0.3) is 0 Å². The minimum absolute atomic E-state index is 0.0251. The van der Waals surface area contributed by atoms with Gasteiger partial charge >= 0.3 is 17.7 Å². The van der Waals surface area contributed by atoms with Crippen LogP contribution in [0.1, 0.15) is 65.5 Å².